The van der Waals surface area contributed by atoms with Crippen LogP contribution in [0, 0.1) is 0 Å². The Bertz CT molecular complexity index is 1070. The molecule has 0 bridgehead atoms. The predicted molar refractivity (Wildman–Crippen MR) is 107 cm³/mol. The molecular formula is C23H21NO6. The maximum atomic E-state index is 13.1. The van der Waals surface area contributed by atoms with Crippen LogP contribution < -0.4 is 4.74 Å². The molecule has 3 heterocycles. The number of furan rings is 2. The summed E-state index contributed by atoms with van der Waals surface area (Å²) in [7, 11) is 0. The summed E-state index contributed by atoms with van der Waals surface area (Å²) in [6.07, 6.45) is 3.72. The molecule has 0 spiro atoms. The normalized spacial score (nSPS) is 16.4. The van der Waals surface area contributed by atoms with Gasteiger partial charge in [-0.3, -0.25) is 9.59 Å². The van der Waals surface area contributed by atoms with Gasteiger partial charge in [0.1, 0.15) is 11.5 Å². The minimum atomic E-state index is -0.814. The van der Waals surface area contributed by atoms with Crippen LogP contribution in [-0.4, -0.2) is 28.3 Å². The first-order chi connectivity index (χ1) is 14.6. The number of carbonyl (C=O) groups is 2. The van der Waals surface area contributed by atoms with Gasteiger partial charge in [-0.2, -0.15) is 0 Å². The molecule has 1 unspecified atom stereocenters. The van der Waals surface area contributed by atoms with Crippen LogP contribution in [0.5, 0.6) is 5.75 Å². The summed E-state index contributed by atoms with van der Waals surface area (Å²) in [5.74, 6) is -0.577. The van der Waals surface area contributed by atoms with Gasteiger partial charge in [0.05, 0.1) is 37.3 Å². The number of carbonyl (C=O) groups excluding carboxylic acids is 2. The Morgan fingerprint density at radius 2 is 1.93 bits per heavy atom. The molecule has 0 radical (unpaired) electrons. The van der Waals surface area contributed by atoms with Crippen LogP contribution in [0.4, 0.5) is 0 Å². The van der Waals surface area contributed by atoms with Crippen LogP contribution in [0.25, 0.3) is 0 Å². The van der Waals surface area contributed by atoms with Gasteiger partial charge in [-0.15, -0.1) is 0 Å². The molecule has 30 heavy (non-hydrogen) atoms. The van der Waals surface area contributed by atoms with E-state index in [0.717, 1.165) is 6.42 Å². The lowest BCUT2D eigenvalue weighted by Crippen LogP contribution is -2.30. The highest BCUT2D eigenvalue weighted by molar-refractivity contribution is 6.14. The molecule has 0 saturated heterocycles. The molecule has 7 heteroatoms. The second-order valence-electron chi connectivity index (χ2n) is 6.90. The fourth-order valence-electron chi connectivity index (χ4n) is 3.50. The van der Waals surface area contributed by atoms with E-state index in [9.17, 15) is 14.7 Å². The maximum Gasteiger partial charge on any atom is 0.290 e. The van der Waals surface area contributed by atoms with Crippen molar-refractivity contribution in [2.24, 2.45) is 0 Å². The van der Waals surface area contributed by atoms with Gasteiger partial charge < -0.3 is 23.6 Å². The van der Waals surface area contributed by atoms with E-state index in [2.05, 4.69) is 0 Å². The number of aliphatic hydroxyl groups is 1. The Hall–Kier alpha value is -3.74. The average Bonchev–Trinajstić information content (AvgIpc) is 3.51. The Balaban J connectivity index is 1.77. The molecule has 1 N–H and O–H groups in total. The van der Waals surface area contributed by atoms with Crippen molar-refractivity contribution in [2.75, 3.05) is 6.61 Å². The third kappa shape index (κ3) is 3.61. The molecule has 0 saturated carbocycles. The molecule has 4 rings (SSSR count). The van der Waals surface area contributed by atoms with Crippen LogP contribution in [0.15, 0.2) is 81.2 Å². The zero-order valence-electron chi connectivity index (χ0n) is 16.4. The van der Waals surface area contributed by atoms with Crippen LogP contribution in [0.2, 0.25) is 0 Å². The molecule has 1 atom stereocenters. The number of Topliss-reactive ketones (excluding diaryl/α,β-unsaturated/α-hetero) is 1. The Morgan fingerprint density at radius 1 is 1.13 bits per heavy atom. The standard InChI is InChI=1S/C23H21NO6/c1-2-10-28-16-7-3-6-15(13-16)20-19(21(25)18-9-5-12-30-18)22(26)23(27)24(20)14-17-8-4-11-29-17/h3-9,11-13,20,26H,2,10,14H2,1H3. The van der Waals surface area contributed by atoms with E-state index in [1.807, 2.05) is 13.0 Å². The van der Waals surface area contributed by atoms with Gasteiger partial charge in [0.2, 0.25) is 5.78 Å². The monoisotopic (exact) mass is 407 g/mol. The summed E-state index contributed by atoms with van der Waals surface area (Å²) in [4.78, 5) is 27.4. The third-order valence-electron chi connectivity index (χ3n) is 4.85. The van der Waals surface area contributed by atoms with Crippen molar-refractivity contribution in [1.82, 2.24) is 4.90 Å². The number of amides is 1. The highest BCUT2D eigenvalue weighted by Gasteiger charge is 2.44. The molecule has 3 aromatic rings. The van der Waals surface area contributed by atoms with Crippen molar-refractivity contribution in [2.45, 2.75) is 25.9 Å². The lowest BCUT2D eigenvalue weighted by atomic mass is 9.95. The summed E-state index contributed by atoms with van der Waals surface area (Å²) in [6, 6.07) is 12.9. The lowest BCUT2D eigenvalue weighted by Gasteiger charge is -2.26. The van der Waals surface area contributed by atoms with Gasteiger partial charge in [0, 0.05) is 0 Å². The lowest BCUT2D eigenvalue weighted by molar-refractivity contribution is -0.130. The average molecular weight is 407 g/mol. The zero-order chi connectivity index (χ0) is 21.1. The van der Waals surface area contributed by atoms with Crippen molar-refractivity contribution in [3.63, 3.8) is 0 Å². The van der Waals surface area contributed by atoms with Gasteiger partial charge in [-0.25, -0.2) is 0 Å². The van der Waals surface area contributed by atoms with Crippen molar-refractivity contribution in [1.29, 1.82) is 0 Å². The zero-order valence-corrected chi connectivity index (χ0v) is 16.4. The largest absolute Gasteiger partial charge is 0.503 e. The first-order valence-corrected chi connectivity index (χ1v) is 9.67. The maximum absolute atomic E-state index is 13.1. The topological polar surface area (TPSA) is 93.1 Å². The minimum Gasteiger partial charge on any atom is -0.503 e. The number of rotatable bonds is 8. The predicted octanol–water partition coefficient (Wildman–Crippen LogP) is 4.44. The second-order valence-corrected chi connectivity index (χ2v) is 6.90. The van der Waals surface area contributed by atoms with Gasteiger partial charge in [0.15, 0.2) is 11.5 Å². The molecule has 1 amide bonds. The number of nitrogens with zero attached hydrogens (tertiary/aromatic N) is 1. The van der Waals surface area contributed by atoms with Crippen LogP contribution in [-0.2, 0) is 11.3 Å². The Morgan fingerprint density at radius 3 is 2.63 bits per heavy atom. The van der Waals surface area contributed by atoms with Crippen molar-refractivity contribution < 1.29 is 28.3 Å². The van der Waals surface area contributed by atoms with E-state index in [1.54, 1.807) is 36.4 Å². The number of ketones is 1. The molecule has 1 aromatic carbocycles. The van der Waals surface area contributed by atoms with E-state index in [-0.39, 0.29) is 17.9 Å². The molecule has 2 aromatic heterocycles. The molecule has 1 aliphatic rings. The van der Waals surface area contributed by atoms with Crippen LogP contribution in [0.1, 0.15) is 41.3 Å². The number of aliphatic hydroxyl groups excluding tert-OH is 1. The number of ether oxygens (including phenoxy) is 1. The molecule has 154 valence electrons. The molecular weight excluding hydrogens is 386 g/mol. The highest BCUT2D eigenvalue weighted by atomic mass is 16.5. The summed E-state index contributed by atoms with van der Waals surface area (Å²) in [5, 5.41) is 10.6. The van der Waals surface area contributed by atoms with Gasteiger partial charge >= 0.3 is 0 Å². The Labute approximate surface area is 173 Å². The molecule has 7 nitrogen and oxygen atoms in total. The van der Waals surface area contributed by atoms with E-state index in [4.69, 9.17) is 13.6 Å². The Kier molecular flexibility index (Phi) is 5.43. The number of hydrogen-bond donors (Lipinski definition) is 1. The summed E-state index contributed by atoms with van der Waals surface area (Å²) >= 11 is 0. The summed E-state index contributed by atoms with van der Waals surface area (Å²) < 4.78 is 16.3. The first-order valence-electron chi connectivity index (χ1n) is 9.67. The molecule has 0 fully saturated rings. The van der Waals surface area contributed by atoms with Crippen molar-refractivity contribution in [3.05, 3.63) is 89.5 Å². The fraction of sp³-hybridized carbons (Fsp3) is 0.217. The van der Waals surface area contributed by atoms with E-state index in [0.29, 0.717) is 23.7 Å². The van der Waals surface area contributed by atoms with E-state index >= 15 is 0 Å². The van der Waals surface area contributed by atoms with Gasteiger partial charge in [-0.05, 0) is 48.4 Å². The van der Waals surface area contributed by atoms with E-state index in [1.165, 1.54) is 23.5 Å². The van der Waals surface area contributed by atoms with Crippen LogP contribution in [0.3, 0.4) is 0 Å². The summed E-state index contributed by atoms with van der Waals surface area (Å²) in [5.41, 5.74) is 0.608. The van der Waals surface area contributed by atoms with Crippen molar-refractivity contribution >= 4 is 11.7 Å². The smallest absolute Gasteiger partial charge is 0.290 e. The quantitative estimate of drug-likeness (QED) is 0.555. The second kappa shape index (κ2) is 8.32. The number of hydrogen-bond acceptors (Lipinski definition) is 6. The molecule has 0 aliphatic carbocycles. The van der Waals surface area contributed by atoms with Gasteiger partial charge in [-0.1, -0.05) is 19.1 Å². The van der Waals surface area contributed by atoms with Crippen LogP contribution >= 0.6 is 0 Å². The third-order valence-corrected chi connectivity index (χ3v) is 4.85. The van der Waals surface area contributed by atoms with Gasteiger partial charge in [0.25, 0.3) is 5.91 Å². The van der Waals surface area contributed by atoms with E-state index < -0.39 is 23.5 Å². The highest BCUT2D eigenvalue weighted by Crippen LogP contribution is 2.40. The number of benzene rings is 1. The first kappa shape index (κ1) is 19.6. The summed E-state index contributed by atoms with van der Waals surface area (Å²) in [6.45, 7) is 2.64. The van der Waals surface area contributed by atoms with Crippen molar-refractivity contribution in [3.8, 4) is 5.75 Å². The minimum absolute atomic E-state index is 0.0332. The molecule has 1 aliphatic heterocycles. The SMILES string of the molecule is CCCOc1cccc(C2C(C(=O)c3ccco3)=C(O)C(=O)N2Cc2ccco2)c1. The fourth-order valence-corrected chi connectivity index (χ4v) is 3.50.